The Kier molecular flexibility index (Phi) is 3.43. The number of hydrazone groups is 1. The molecular weight excluding hydrogens is 226 g/mol. The molecule has 0 aliphatic carbocycles. The van der Waals surface area contributed by atoms with Crippen LogP contribution in [0, 0.1) is 0 Å². The van der Waals surface area contributed by atoms with Crippen LogP contribution in [0.15, 0.2) is 35.4 Å². The fraction of sp³-hybridized carbons (Fsp3) is 0.200. The first-order valence-electron chi connectivity index (χ1n) is 4.72. The molecule has 6 heteroatoms. The van der Waals surface area contributed by atoms with Gasteiger partial charge in [0.2, 0.25) is 0 Å². The van der Waals surface area contributed by atoms with Crippen molar-refractivity contribution in [2.45, 2.75) is 6.04 Å². The minimum atomic E-state index is -0.586. The number of hydrogen-bond donors (Lipinski definition) is 2. The standard InChI is InChI=1S/C10H11N3O2S/c14-10(12-15)9(13-7-16-6-11-13)8-4-2-1-3-5-8/h1-6,9,15H,7H2,(H,12,14). The lowest BCUT2D eigenvalue weighted by molar-refractivity contribution is -0.134. The van der Waals surface area contributed by atoms with Crippen LogP contribution in [-0.2, 0) is 4.79 Å². The van der Waals surface area contributed by atoms with Crippen molar-refractivity contribution in [1.82, 2.24) is 10.5 Å². The summed E-state index contributed by atoms with van der Waals surface area (Å²) in [6.45, 7) is 0. The second-order valence-electron chi connectivity index (χ2n) is 3.25. The molecule has 0 spiro atoms. The Labute approximate surface area is 97.1 Å². The largest absolute Gasteiger partial charge is 0.289 e. The van der Waals surface area contributed by atoms with Crippen LogP contribution in [0.5, 0.6) is 0 Å². The fourth-order valence-corrected chi connectivity index (χ4v) is 2.16. The van der Waals surface area contributed by atoms with E-state index in [-0.39, 0.29) is 0 Å². The highest BCUT2D eigenvalue weighted by Gasteiger charge is 2.28. The Morgan fingerprint density at radius 2 is 2.25 bits per heavy atom. The first-order chi connectivity index (χ1) is 7.83. The predicted molar refractivity (Wildman–Crippen MR) is 61.9 cm³/mol. The van der Waals surface area contributed by atoms with E-state index in [4.69, 9.17) is 5.21 Å². The van der Waals surface area contributed by atoms with Gasteiger partial charge in [-0.05, 0) is 5.56 Å². The van der Waals surface area contributed by atoms with E-state index in [9.17, 15) is 4.79 Å². The zero-order chi connectivity index (χ0) is 11.4. The van der Waals surface area contributed by atoms with Crippen molar-refractivity contribution in [3.8, 4) is 0 Å². The molecule has 1 aliphatic heterocycles. The molecule has 0 saturated heterocycles. The molecule has 84 valence electrons. The van der Waals surface area contributed by atoms with Gasteiger partial charge in [0.25, 0.3) is 5.91 Å². The monoisotopic (exact) mass is 237 g/mol. The van der Waals surface area contributed by atoms with Gasteiger partial charge in [-0.3, -0.25) is 15.0 Å². The Bertz CT molecular complexity index is 396. The lowest BCUT2D eigenvalue weighted by Crippen LogP contribution is -2.35. The fourth-order valence-electron chi connectivity index (χ4n) is 1.53. The second kappa shape index (κ2) is 5.00. The van der Waals surface area contributed by atoms with Gasteiger partial charge in [-0.1, -0.05) is 42.1 Å². The normalized spacial score (nSPS) is 16.2. The first kappa shape index (κ1) is 11.0. The summed E-state index contributed by atoms with van der Waals surface area (Å²) in [5.41, 5.74) is 4.16. The quantitative estimate of drug-likeness (QED) is 0.612. The van der Waals surface area contributed by atoms with E-state index in [1.165, 1.54) is 11.8 Å². The zero-order valence-corrected chi connectivity index (χ0v) is 9.22. The number of hydrogen-bond acceptors (Lipinski definition) is 5. The van der Waals surface area contributed by atoms with Gasteiger partial charge in [0, 0.05) is 0 Å². The highest BCUT2D eigenvalue weighted by Crippen LogP contribution is 2.25. The number of nitrogens with one attached hydrogen (secondary N) is 1. The van der Waals surface area contributed by atoms with Crippen molar-refractivity contribution >= 4 is 23.2 Å². The van der Waals surface area contributed by atoms with Crippen LogP contribution in [0.1, 0.15) is 11.6 Å². The summed E-state index contributed by atoms with van der Waals surface area (Å²) >= 11 is 1.51. The van der Waals surface area contributed by atoms with E-state index in [0.717, 1.165) is 5.56 Å². The van der Waals surface area contributed by atoms with Crippen LogP contribution in [0.2, 0.25) is 0 Å². The van der Waals surface area contributed by atoms with E-state index in [0.29, 0.717) is 5.88 Å². The molecule has 5 nitrogen and oxygen atoms in total. The van der Waals surface area contributed by atoms with Gasteiger partial charge in [-0.25, -0.2) is 5.48 Å². The summed E-state index contributed by atoms with van der Waals surface area (Å²) < 4.78 is 0. The van der Waals surface area contributed by atoms with Crippen molar-refractivity contribution in [1.29, 1.82) is 0 Å². The number of rotatable bonds is 3. The molecule has 1 amide bonds. The number of carbonyl (C=O) groups excluding carboxylic acids is 1. The average Bonchev–Trinajstić information content (AvgIpc) is 2.84. The Balaban J connectivity index is 2.27. The molecule has 1 aromatic rings. The number of nitrogens with zero attached hydrogens (tertiary/aromatic N) is 2. The Morgan fingerprint density at radius 3 is 2.81 bits per heavy atom. The van der Waals surface area contributed by atoms with Crippen molar-refractivity contribution in [3.05, 3.63) is 35.9 Å². The molecule has 0 aromatic heterocycles. The third-order valence-electron chi connectivity index (χ3n) is 2.25. The molecule has 2 rings (SSSR count). The number of carbonyl (C=O) groups is 1. The molecular formula is C10H11N3O2S. The first-order valence-corrected chi connectivity index (χ1v) is 5.77. The van der Waals surface area contributed by atoms with Crippen LogP contribution >= 0.6 is 11.8 Å². The van der Waals surface area contributed by atoms with Crippen molar-refractivity contribution in [2.75, 3.05) is 5.88 Å². The molecule has 1 atom stereocenters. The van der Waals surface area contributed by atoms with Crippen LogP contribution in [-0.4, -0.2) is 27.5 Å². The minimum absolute atomic E-state index is 0.481. The maximum atomic E-state index is 11.6. The van der Waals surface area contributed by atoms with Gasteiger partial charge in [0.05, 0.1) is 11.4 Å². The average molecular weight is 237 g/mol. The zero-order valence-electron chi connectivity index (χ0n) is 8.41. The summed E-state index contributed by atoms with van der Waals surface area (Å²) in [5, 5.41) is 14.5. The van der Waals surface area contributed by atoms with E-state index in [1.807, 2.05) is 30.3 Å². The predicted octanol–water partition coefficient (Wildman–Crippen LogP) is 1.18. The van der Waals surface area contributed by atoms with Gasteiger partial charge in [-0.2, -0.15) is 5.10 Å². The molecule has 1 aliphatic rings. The summed E-state index contributed by atoms with van der Waals surface area (Å²) in [5.74, 6) is 0.123. The highest BCUT2D eigenvalue weighted by molar-refractivity contribution is 8.12. The van der Waals surface area contributed by atoms with Gasteiger partial charge in [0.15, 0.2) is 6.04 Å². The topological polar surface area (TPSA) is 64.9 Å². The second-order valence-corrected chi connectivity index (χ2v) is 4.05. The van der Waals surface area contributed by atoms with E-state index < -0.39 is 11.9 Å². The molecule has 0 radical (unpaired) electrons. The van der Waals surface area contributed by atoms with E-state index >= 15 is 0 Å². The Hall–Kier alpha value is -1.53. The van der Waals surface area contributed by atoms with E-state index in [2.05, 4.69) is 5.10 Å². The molecule has 16 heavy (non-hydrogen) atoms. The van der Waals surface area contributed by atoms with Crippen molar-refractivity contribution < 1.29 is 10.0 Å². The van der Waals surface area contributed by atoms with Crippen molar-refractivity contribution in [3.63, 3.8) is 0 Å². The number of thioether (sulfide) groups is 1. The number of hydroxylamine groups is 1. The van der Waals surface area contributed by atoms with Crippen LogP contribution < -0.4 is 5.48 Å². The molecule has 0 saturated carbocycles. The minimum Gasteiger partial charge on any atom is -0.289 e. The van der Waals surface area contributed by atoms with Gasteiger partial charge in [0.1, 0.15) is 0 Å². The lowest BCUT2D eigenvalue weighted by atomic mass is 10.1. The van der Waals surface area contributed by atoms with Gasteiger partial charge < -0.3 is 0 Å². The molecule has 0 bridgehead atoms. The maximum absolute atomic E-state index is 11.6. The lowest BCUT2D eigenvalue weighted by Gasteiger charge is -2.23. The highest BCUT2D eigenvalue weighted by atomic mass is 32.2. The third-order valence-corrected chi connectivity index (χ3v) is 2.91. The number of amides is 1. The van der Waals surface area contributed by atoms with Crippen LogP contribution in [0.4, 0.5) is 0 Å². The SMILES string of the molecule is O=C(NO)C(c1ccccc1)N1CSC=N1. The van der Waals surface area contributed by atoms with E-state index in [1.54, 1.807) is 16.0 Å². The molecule has 2 N–H and O–H groups in total. The molecule has 1 aromatic carbocycles. The van der Waals surface area contributed by atoms with Gasteiger partial charge in [-0.15, -0.1) is 0 Å². The summed E-state index contributed by atoms with van der Waals surface area (Å²) in [7, 11) is 0. The smallest absolute Gasteiger partial charge is 0.272 e. The summed E-state index contributed by atoms with van der Waals surface area (Å²) in [6.07, 6.45) is 0. The number of benzene rings is 1. The summed E-state index contributed by atoms with van der Waals surface area (Å²) in [4.78, 5) is 11.6. The Morgan fingerprint density at radius 1 is 1.50 bits per heavy atom. The van der Waals surface area contributed by atoms with Crippen LogP contribution in [0.25, 0.3) is 0 Å². The van der Waals surface area contributed by atoms with Gasteiger partial charge >= 0.3 is 0 Å². The maximum Gasteiger partial charge on any atom is 0.272 e. The van der Waals surface area contributed by atoms with Crippen molar-refractivity contribution in [2.24, 2.45) is 5.10 Å². The molecule has 1 unspecified atom stereocenters. The molecule has 1 heterocycles. The van der Waals surface area contributed by atoms with Crippen LogP contribution in [0.3, 0.4) is 0 Å². The summed E-state index contributed by atoms with van der Waals surface area (Å²) in [6, 6.07) is 8.65. The molecule has 0 fully saturated rings. The third kappa shape index (κ3) is 2.17.